The molecule has 2 aliphatic heterocycles. The van der Waals surface area contributed by atoms with E-state index in [0.29, 0.717) is 12.1 Å². The van der Waals surface area contributed by atoms with E-state index in [9.17, 15) is 0 Å². The van der Waals surface area contributed by atoms with Gasteiger partial charge in [0.25, 0.3) is 0 Å². The highest BCUT2D eigenvalue weighted by Crippen LogP contribution is 2.31. The van der Waals surface area contributed by atoms with Crippen LogP contribution in [0.15, 0.2) is 54.6 Å². The van der Waals surface area contributed by atoms with E-state index in [0.717, 1.165) is 13.0 Å². The minimum absolute atomic E-state index is 0.303. The molecule has 2 fully saturated rings. The Morgan fingerprint density at radius 1 is 1.05 bits per heavy atom. The van der Waals surface area contributed by atoms with Crippen molar-refractivity contribution in [2.75, 3.05) is 6.54 Å². The Morgan fingerprint density at radius 3 is 2.76 bits per heavy atom. The van der Waals surface area contributed by atoms with E-state index >= 15 is 0 Å². The van der Waals surface area contributed by atoms with Gasteiger partial charge in [0.2, 0.25) is 0 Å². The molecule has 0 N–H and O–H groups in total. The lowest BCUT2D eigenvalue weighted by Crippen LogP contribution is -2.31. The fraction of sp³-hybridized carbons (Fsp3) is 0.333. The minimum Gasteiger partial charge on any atom is -0.419 e. The van der Waals surface area contributed by atoms with Crippen LogP contribution in [0.25, 0.3) is 11.1 Å². The Hall–Kier alpha value is -1.58. The third kappa shape index (κ3) is 2.52. The average molecular weight is 276 g/mol. The van der Waals surface area contributed by atoms with Gasteiger partial charge in [-0.3, -0.25) is 0 Å². The second kappa shape index (κ2) is 5.66. The maximum atomic E-state index is 5.92. The van der Waals surface area contributed by atoms with Gasteiger partial charge >= 0.3 is 7.62 Å². The van der Waals surface area contributed by atoms with Crippen molar-refractivity contribution in [3.05, 3.63) is 60.2 Å². The maximum Gasteiger partial charge on any atom is 0.399 e. The van der Waals surface area contributed by atoms with Crippen LogP contribution < -0.4 is 0 Å². The van der Waals surface area contributed by atoms with Gasteiger partial charge in [-0.05, 0) is 42.5 Å². The number of rotatable bonds is 3. The molecule has 2 unspecified atom stereocenters. The van der Waals surface area contributed by atoms with Crippen molar-refractivity contribution in [3.63, 3.8) is 0 Å². The molecule has 2 heterocycles. The summed E-state index contributed by atoms with van der Waals surface area (Å²) in [6.07, 6.45) is 3.84. The smallest absolute Gasteiger partial charge is 0.399 e. The lowest BCUT2D eigenvalue weighted by atomic mass is 9.93. The molecular formula is C18H19BNO. The SMILES string of the molecule is [B]1OC(Cc2ccccc2-c2ccccc2)C2CCCN12. The molecule has 0 saturated carbocycles. The van der Waals surface area contributed by atoms with Crippen molar-refractivity contribution in [1.29, 1.82) is 0 Å². The highest BCUT2D eigenvalue weighted by atomic mass is 16.5. The molecule has 2 aromatic rings. The van der Waals surface area contributed by atoms with Gasteiger partial charge in [-0.15, -0.1) is 0 Å². The van der Waals surface area contributed by atoms with Gasteiger partial charge in [0, 0.05) is 6.04 Å². The Bertz CT molecular complexity index is 616. The van der Waals surface area contributed by atoms with Gasteiger partial charge in [-0.25, -0.2) is 0 Å². The summed E-state index contributed by atoms with van der Waals surface area (Å²) in [4.78, 5) is 2.37. The summed E-state index contributed by atoms with van der Waals surface area (Å²) in [6.45, 7) is 1.15. The maximum absolute atomic E-state index is 5.92. The van der Waals surface area contributed by atoms with Gasteiger partial charge in [-0.1, -0.05) is 54.6 Å². The molecule has 2 nitrogen and oxygen atoms in total. The van der Waals surface area contributed by atoms with E-state index in [2.05, 4.69) is 59.4 Å². The Kier molecular flexibility index (Phi) is 3.54. The van der Waals surface area contributed by atoms with E-state index in [1.807, 2.05) is 7.62 Å². The Balaban J connectivity index is 1.61. The summed E-state index contributed by atoms with van der Waals surface area (Å²) in [5.74, 6) is 0. The van der Waals surface area contributed by atoms with Gasteiger partial charge in [-0.2, -0.15) is 0 Å². The molecule has 2 aliphatic rings. The molecule has 0 bridgehead atoms. The first-order valence-corrected chi connectivity index (χ1v) is 7.80. The van der Waals surface area contributed by atoms with E-state index in [-0.39, 0.29) is 0 Å². The minimum atomic E-state index is 0.303. The molecule has 2 atom stereocenters. The van der Waals surface area contributed by atoms with Gasteiger partial charge in [0.15, 0.2) is 0 Å². The molecule has 0 spiro atoms. The molecule has 0 amide bonds. The summed E-state index contributed by atoms with van der Waals surface area (Å²) < 4.78 is 5.92. The van der Waals surface area contributed by atoms with Gasteiger partial charge in [0.1, 0.15) is 0 Å². The molecule has 3 heteroatoms. The predicted octanol–water partition coefficient (Wildman–Crippen LogP) is 3.29. The van der Waals surface area contributed by atoms with Crippen LogP contribution in [-0.2, 0) is 11.1 Å². The monoisotopic (exact) mass is 276 g/mol. The topological polar surface area (TPSA) is 12.5 Å². The number of hydrogen-bond acceptors (Lipinski definition) is 2. The first-order chi connectivity index (χ1) is 10.4. The highest BCUT2D eigenvalue weighted by molar-refractivity contribution is 6.24. The zero-order chi connectivity index (χ0) is 14.1. The Morgan fingerprint density at radius 2 is 1.86 bits per heavy atom. The van der Waals surface area contributed by atoms with E-state index in [1.54, 1.807) is 0 Å². The standard InChI is InChI=1S/C18H19BNO/c1-2-7-14(8-3-1)16-10-5-4-9-15(16)13-18-17-11-6-12-20(17)19-21-18/h1-5,7-10,17-18H,6,11-13H2. The zero-order valence-corrected chi connectivity index (χ0v) is 12.1. The highest BCUT2D eigenvalue weighted by Gasteiger charge is 2.39. The average Bonchev–Trinajstić information content (AvgIpc) is 3.14. The van der Waals surface area contributed by atoms with Crippen molar-refractivity contribution in [3.8, 4) is 11.1 Å². The fourth-order valence-electron chi connectivity index (χ4n) is 3.59. The zero-order valence-electron chi connectivity index (χ0n) is 12.1. The molecule has 4 rings (SSSR count). The van der Waals surface area contributed by atoms with Crippen LogP contribution in [0.4, 0.5) is 0 Å². The van der Waals surface area contributed by atoms with E-state index in [4.69, 9.17) is 4.65 Å². The number of fused-ring (bicyclic) bond motifs is 1. The number of hydrogen-bond donors (Lipinski definition) is 0. The van der Waals surface area contributed by atoms with Crippen LogP contribution in [0.2, 0.25) is 0 Å². The first-order valence-electron chi connectivity index (χ1n) is 7.80. The Labute approximate surface area is 127 Å². The van der Waals surface area contributed by atoms with Crippen LogP contribution in [0.3, 0.4) is 0 Å². The van der Waals surface area contributed by atoms with Gasteiger partial charge < -0.3 is 9.47 Å². The number of nitrogens with zero attached hydrogens (tertiary/aromatic N) is 1. The van der Waals surface area contributed by atoms with Crippen molar-refractivity contribution in [1.82, 2.24) is 4.81 Å². The van der Waals surface area contributed by atoms with Crippen molar-refractivity contribution >= 4 is 7.62 Å². The summed E-state index contributed by atoms with van der Waals surface area (Å²) in [6, 6.07) is 19.9. The molecule has 0 aromatic heterocycles. The largest absolute Gasteiger partial charge is 0.419 e. The molecule has 2 saturated heterocycles. The summed E-state index contributed by atoms with van der Waals surface area (Å²) in [5, 5.41) is 0. The van der Waals surface area contributed by atoms with Crippen molar-refractivity contribution < 1.29 is 4.65 Å². The lowest BCUT2D eigenvalue weighted by molar-refractivity contribution is 0.205. The van der Waals surface area contributed by atoms with Crippen LogP contribution >= 0.6 is 0 Å². The second-order valence-corrected chi connectivity index (χ2v) is 5.95. The summed E-state index contributed by atoms with van der Waals surface area (Å²) in [7, 11) is 1.95. The molecular weight excluding hydrogens is 257 g/mol. The summed E-state index contributed by atoms with van der Waals surface area (Å²) >= 11 is 0. The third-order valence-corrected chi connectivity index (χ3v) is 4.67. The predicted molar refractivity (Wildman–Crippen MR) is 85.9 cm³/mol. The first kappa shape index (κ1) is 13.1. The molecule has 0 aliphatic carbocycles. The number of benzene rings is 2. The van der Waals surface area contributed by atoms with Crippen LogP contribution in [0.5, 0.6) is 0 Å². The van der Waals surface area contributed by atoms with Crippen molar-refractivity contribution in [2.24, 2.45) is 0 Å². The molecule has 2 aromatic carbocycles. The van der Waals surface area contributed by atoms with Crippen LogP contribution in [0, 0.1) is 0 Å². The normalized spacial score (nSPS) is 24.8. The van der Waals surface area contributed by atoms with E-state index in [1.165, 1.54) is 29.5 Å². The second-order valence-electron chi connectivity index (χ2n) is 5.95. The van der Waals surface area contributed by atoms with E-state index < -0.39 is 0 Å². The van der Waals surface area contributed by atoms with Crippen LogP contribution in [-0.4, -0.2) is 31.1 Å². The van der Waals surface area contributed by atoms with Crippen molar-refractivity contribution in [2.45, 2.75) is 31.4 Å². The van der Waals surface area contributed by atoms with Gasteiger partial charge in [0.05, 0.1) is 6.10 Å². The third-order valence-electron chi connectivity index (χ3n) is 4.67. The lowest BCUT2D eigenvalue weighted by Gasteiger charge is -2.20. The molecule has 105 valence electrons. The van der Waals surface area contributed by atoms with Crippen LogP contribution in [0.1, 0.15) is 18.4 Å². The fourth-order valence-corrected chi connectivity index (χ4v) is 3.59. The summed E-state index contributed by atoms with van der Waals surface area (Å²) in [5.41, 5.74) is 4.01. The molecule has 1 radical (unpaired) electrons. The molecule has 21 heavy (non-hydrogen) atoms. The quantitative estimate of drug-likeness (QED) is 0.798.